The summed E-state index contributed by atoms with van der Waals surface area (Å²) in [5.74, 6) is 0.179. The fraction of sp³-hybridized carbons (Fsp3) is 0.294. The fourth-order valence-electron chi connectivity index (χ4n) is 2.33. The third-order valence-corrected chi connectivity index (χ3v) is 4.77. The van der Waals surface area contributed by atoms with Crippen LogP contribution in [0.1, 0.15) is 23.9 Å². The summed E-state index contributed by atoms with van der Waals surface area (Å²) in [5.41, 5.74) is 5.93. The molecule has 4 nitrogen and oxygen atoms in total. The Morgan fingerprint density at radius 3 is 2.65 bits per heavy atom. The summed E-state index contributed by atoms with van der Waals surface area (Å²) in [6.07, 6.45) is 1.69. The van der Waals surface area contributed by atoms with Crippen LogP contribution in [0.3, 0.4) is 0 Å². The minimum Gasteiger partial charge on any atom is -0.349 e. The minimum atomic E-state index is -0.134. The zero-order valence-corrected chi connectivity index (χ0v) is 15.0. The molecule has 0 saturated carbocycles. The van der Waals surface area contributed by atoms with E-state index in [2.05, 4.69) is 41.9 Å². The van der Waals surface area contributed by atoms with Crippen LogP contribution >= 0.6 is 23.4 Å². The van der Waals surface area contributed by atoms with Crippen LogP contribution in [0.25, 0.3) is 0 Å². The molecular formula is C17H20ClN3OS. The van der Waals surface area contributed by atoms with Crippen LogP contribution in [-0.2, 0) is 11.3 Å². The molecule has 1 aromatic heterocycles. The van der Waals surface area contributed by atoms with Crippen LogP contribution in [-0.4, -0.2) is 22.4 Å². The maximum atomic E-state index is 11.8. The average Bonchev–Trinajstić information content (AvgIpc) is 2.80. The van der Waals surface area contributed by atoms with Crippen molar-refractivity contribution in [1.29, 1.82) is 0 Å². The van der Waals surface area contributed by atoms with Crippen molar-refractivity contribution in [2.75, 3.05) is 5.75 Å². The predicted molar refractivity (Wildman–Crippen MR) is 97.5 cm³/mol. The van der Waals surface area contributed by atoms with E-state index in [-0.39, 0.29) is 5.91 Å². The Morgan fingerprint density at radius 1 is 1.35 bits per heavy atom. The summed E-state index contributed by atoms with van der Waals surface area (Å²) in [5, 5.41) is 4.73. The first kappa shape index (κ1) is 17.6. The van der Waals surface area contributed by atoms with Crippen LogP contribution in [0.2, 0.25) is 5.02 Å². The van der Waals surface area contributed by atoms with Gasteiger partial charge in [0, 0.05) is 33.4 Å². The molecule has 0 aliphatic heterocycles. The van der Waals surface area contributed by atoms with Gasteiger partial charge in [-0.1, -0.05) is 11.6 Å². The Labute approximate surface area is 145 Å². The zero-order valence-electron chi connectivity index (χ0n) is 13.5. The molecule has 0 saturated heterocycles. The standard InChI is InChI=1S/C17H20ClN3OS/c1-4-21-12(2)9-14(13(21)3)10-19-20-17(22)11-23-16-7-5-15(18)6-8-16/h5-10H,4,11H2,1-3H3,(H,20,22)/b19-10-. The molecule has 1 N–H and O–H groups in total. The molecule has 6 heteroatoms. The number of hydrazone groups is 1. The number of hydrogen-bond acceptors (Lipinski definition) is 3. The Kier molecular flexibility index (Phi) is 6.30. The SMILES string of the molecule is CCn1c(C)cc(/C=N\NC(=O)CSc2ccc(Cl)cc2)c1C. The number of benzene rings is 1. The quantitative estimate of drug-likeness (QED) is 0.486. The number of hydrogen-bond donors (Lipinski definition) is 1. The molecule has 122 valence electrons. The number of amides is 1. The number of rotatable bonds is 6. The van der Waals surface area contributed by atoms with Gasteiger partial charge in [-0.25, -0.2) is 5.43 Å². The summed E-state index contributed by atoms with van der Waals surface area (Å²) in [7, 11) is 0. The van der Waals surface area contributed by atoms with Gasteiger partial charge in [0.15, 0.2) is 0 Å². The molecule has 0 bridgehead atoms. The summed E-state index contributed by atoms with van der Waals surface area (Å²) in [6, 6.07) is 9.47. The Bertz CT molecular complexity index is 707. The number of carbonyl (C=O) groups excluding carboxylic acids is 1. The maximum absolute atomic E-state index is 11.8. The van der Waals surface area contributed by atoms with E-state index in [1.54, 1.807) is 6.21 Å². The van der Waals surface area contributed by atoms with Gasteiger partial charge in [0.2, 0.25) is 5.91 Å². The molecule has 0 radical (unpaired) electrons. The van der Waals surface area contributed by atoms with Crippen molar-refractivity contribution in [2.45, 2.75) is 32.2 Å². The number of carbonyl (C=O) groups is 1. The molecule has 23 heavy (non-hydrogen) atoms. The first-order chi connectivity index (χ1) is 11.0. The first-order valence-electron chi connectivity index (χ1n) is 7.38. The lowest BCUT2D eigenvalue weighted by Gasteiger charge is -2.04. The molecule has 2 rings (SSSR count). The molecule has 0 aliphatic carbocycles. The van der Waals surface area contributed by atoms with Crippen molar-refractivity contribution in [3.63, 3.8) is 0 Å². The summed E-state index contributed by atoms with van der Waals surface area (Å²) >= 11 is 7.28. The van der Waals surface area contributed by atoms with Gasteiger partial charge in [-0.05, 0) is 51.1 Å². The third-order valence-electron chi connectivity index (χ3n) is 3.51. The lowest BCUT2D eigenvalue weighted by molar-refractivity contribution is -0.118. The van der Waals surface area contributed by atoms with Crippen molar-refractivity contribution in [3.05, 3.63) is 52.3 Å². The van der Waals surface area contributed by atoms with E-state index < -0.39 is 0 Å². The van der Waals surface area contributed by atoms with Crippen molar-refractivity contribution in [1.82, 2.24) is 9.99 Å². The summed E-state index contributed by atoms with van der Waals surface area (Å²) in [4.78, 5) is 12.8. The predicted octanol–water partition coefficient (Wildman–Crippen LogP) is 4.02. The molecule has 1 amide bonds. The van der Waals surface area contributed by atoms with E-state index in [0.717, 1.165) is 22.7 Å². The smallest absolute Gasteiger partial charge is 0.250 e. The molecule has 1 aromatic carbocycles. The van der Waals surface area contributed by atoms with Crippen LogP contribution in [0.15, 0.2) is 40.3 Å². The lowest BCUT2D eigenvalue weighted by atomic mass is 10.3. The topological polar surface area (TPSA) is 46.4 Å². The van der Waals surface area contributed by atoms with Gasteiger partial charge in [-0.3, -0.25) is 4.79 Å². The van der Waals surface area contributed by atoms with Crippen molar-refractivity contribution in [2.24, 2.45) is 5.10 Å². The van der Waals surface area contributed by atoms with Crippen LogP contribution in [0.4, 0.5) is 0 Å². The summed E-state index contributed by atoms with van der Waals surface area (Å²) < 4.78 is 2.21. The number of nitrogens with one attached hydrogen (secondary N) is 1. The van der Waals surface area contributed by atoms with E-state index in [1.807, 2.05) is 24.3 Å². The van der Waals surface area contributed by atoms with Crippen molar-refractivity contribution < 1.29 is 4.79 Å². The minimum absolute atomic E-state index is 0.134. The molecule has 0 fully saturated rings. The molecule has 0 aliphatic rings. The highest BCUT2D eigenvalue weighted by Gasteiger charge is 2.06. The van der Waals surface area contributed by atoms with Gasteiger partial charge in [-0.15, -0.1) is 11.8 Å². The number of halogens is 1. The van der Waals surface area contributed by atoms with Crippen molar-refractivity contribution in [3.8, 4) is 0 Å². The van der Waals surface area contributed by atoms with Crippen LogP contribution < -0.4 is 5.43 Å². The van der Waals surface area contributed by atoms with E-state index in [4.69, 9.17) is 11.6 Å². The number of aromatic nitrogens is 1. The van der Waals surface area contributed by atoms with Gasteiger partial charge in [0.25, 0.3) is 0 Å². The van der Waals surface area contributed by atoms with Gasteiger partial charge in [-0.2, -0.15) is 5.10 Å². The van der Waals surface area contributed by atoms with Gasteiger partial charge < -0.3 is 4.57 Å². The number of aryl methyl sites for hydroxylation is 1. The first-order valence-corrected chi connectivity index (χ1v) is 8.74. The highest BCUT2D eigenvalue weighted by molar-refractivity contribution is 8.00. The monoisotopic (exact) mass is 349 g/mol. The van der Waals surface area contributed by atoms with E-state index >= 15 is 0 Å². The van der Waals surface area contributed by atoms with E-state index in [0.29, 0.717) is 10.8 Å². The largest absolute Gasteiger partial charge is 0.349 e. The highest BCUT2D eigenvalue weighted by Crippen LogP contribution is 2.19. The average molecular weight is 350 g/mol. The van der Waals surface area contributed by atoms with Crippen molar-refractivity contribution >= 4 is 35.5 Å². The molecule has 0 atom stereocenters. The van der Waals surface area contributed by atoms with Crippen LogP contribution in [0, 0.1) is 13.8 Å². The van der Waals surface area contributed by atoms with Gasteiger partial charge in [0.05, 0.1) is 12.0 Å². The van der Waals surface area contributed by atoms with Crippen LogP contribution in [0.5, 0.6) is 0 Å². The lowest BCUT2D eigenvalue weighted by Crippen LogP contribution is -2.19. The second-order valence-corrected chi connectivity index (χ2v) is 6.59. The van der Waals surface area contributed by atoms with E-state index in [9.17, 15) is 4.79 Å². The Morgan fingerprint density at radius 2 is 2.04 bits per heavy atom. The second-order valence-electron chi connectivity index (χ2n) is 5.11. The molecule has 1 heterocycles. The Balaban J connectivity index is 1.85. The number of nitrogens with zero attached hydrogens (tertiary/aromatic N) is 2. The summed E-state index contributed by atoms with van der Waals surface area (Å²) in [6.45, 7) is 7.15. The maximum Gasteiger partial charge on any atom is 0.250 e. The zero-order chi connectivity index (χ0) is 16.8. The molecule has 0 unspecified atom stereocenters. The van der Waals surface area contributed by atoms with Gasteiger partial charge >= 0.3 is 0 Å². The highest BCUT2D eigenvalue weighted by atomic mass is 35.5. The molecule has 2 aromatic rings. The second kappa shape index (κ2) is 8.22. The normalized spacial score (nSPS) is 11.1. The van der Waals surface area contributed by atoms with Gasteiger partial charge in [0.1, 0.15) is 0 Å². The number of thioether (sulfide) groups is 1. The molecular weight excluding hydrogens is 330 g/mol. The fourth-order valence-corrected chi connectivity index (χ4v) is 3.15. The Hall–Kier alpha value is -1.72. The third kappa shape index (κ3) is 4.88. The van der Waals surface area contributed by atoms with E-state index in [1.165, 1.54) is 17.5 Å². The molecule has 0 spiro atoms.